The molecule has 0 aromatic heterocycles. The highest BCUT2D eigenvalue weighted by Gasteiger charge is 2.15. The predicted molar refractivity (Wildman–Crippen MR) is 135 cm³/mol. The van der Waals surface area contributed by atoms with Crippen molar-refractivity contribution in [3.05, 3.63) is 112 Å². The summed E-state index contributed by atoms with van der Waals surface area (Å²) >= 11 is 0. The molecule has 1 N–H and O–H groups in total. The molecule has 36 heavy (non-hydrogen) atoms. The average molecular weight is 483 g/mol. The smallest absolute Gasteiger partial charge is 0.343 e. The van der Waals surface area contributed by atoms with Crippen LogP contribution in [0.5, 0.6) is 11.5 Å². The Bertz CT molecular complexity index is 1460. The van der Waals surface area contributed by atoms with Gasteiger partial charge < -0.3 is 9.47 Å². The molecule has 0 spiro atoms. The number of nitrogens with one attached hydrogen (secondary N) is 1. The lowest BCUT2D eigenvalue weighted by atomic mass is 10.0. The van der Waals surface area contributed by atoms with Crippen LogP contribution in [0.3, 0.4) is 0 Å². The van der Waals surface area contributed by atoms with Crippen LogP contribution in [0, 0.1) is 10.1 Å². The number of carbonyl (C=O) groups excluding carboxylic acids is 2. The number of non-ortho nitro benzene ring substituents is 1. The topological polar surface area (TPSA) is 120 Å². The Labute approximate surface area is 206 Å². The average Bonchev–Trinajstić information content (AvgIpc) is 2.90. The monoisotopic (exact) mass is 483 g/mol. The molecule has 0 aliphatic heterocycles. The van der Waals surface area contributed by atoms with Crippen LogP contribution in [0.2, 0.25) is 0 Å². The summed E-state index contributed by atoms with van der Waals surface area (Å²) in [6.45, 7) is 2.39. The molecule has 0 unspecified atom stereocenters. The van der Waals surface area contributed by atoms with Crippen molar-refractivity contribution < 1.29 is 24.0 Å². The number of hydrogen-bond donors (Lipinski definition) is 1. The number of nitrogens with zero attached hydrogens (tertiary/aromatic N) is 2. The van der Waals surface area contributed by atoms with E-state index in [1.54, 1.807) is 30.3 Å². The first kappa shape index (κ1) is 24.1. The van der Waals surface area contributed by atoms with Gasteiger partial charge in [-0.25, -0.2) is 10.2 Å². The maximum Gasteiger partial charge on any atom is 0.343 e. The first-order valence-corrected chi connectivity index (χ1v) is 11.0. The molecule has 0 bridgehead atoms. The number of ether oxygens (including phenoxy) is 2. The van der Waals surface area contributed by atoms with Crippen LogP contribution in [-0.4, -0.2) is 29.6 Å². The third-order valence-electron chi connectivity index (χ3n) is 5.21. The largest absolute Gasteiger partial charge is 0.494 e. The Kier molecular flexibility index (Phi) is 7.30. The zero-order chi connectivity index (χ0) is 25.5. The van der Waals surface area contributed by atoms with Gasteiger partial charge in [-0.05, 0) is 54.1 Å². The van der Waals surface area contributed by atoms with Crippen LogP contribution in [-0.2, 0) is 0 Å². The standard InChI is InChI=1S/C27H21N3O6/c1-2-35-22-13-10-19(11-14-22)27(32)36-25-15-12-18-6-3-4-9-23(18)24(25)17-28-29-26(31)20-7-5-8-21(16-20)30(33)34/h3-17H,2H2,1H3,(H,29,31)/b28-17+. The van der Waals surface area contributed by atoms with Crippen LogP contribution >= 0.6 is 0 Å². The summed E-state index contributed by atoms with van der Waals surface area (Å²) in [4.78, 5) is 35.6. The van der Waals surface area contributed by atoms with Crippen molar-refractivity contribution in [3.8, 4) is 11.5 Å². The number of fused-ring (bicyclic) bond motifs is 1. The number of hydrogen-bond acceptors (Lipinski definition) is 7. The molecule has 0 atom stereocenters. The molecule has 0 radical (unpaired) electrons. The number of rotatable bonds is 8. The van der Waals surface area contributed by atoms with Crippen LogP contribution < -0.4 is 14.9 Å². The lowest BCUT2D eigenvalue weighted by molar-refractivity contribution is -0.384. The lowest BCUT2D eigenvalue weighted by Gasteiger charge is -2.11. The van der Waals surface area contributed by atoms with Crippen LogP contribution in [0.1, 0.15) is 33.2 Å². The van der Waals surface area contributed by atoms with E-state index in [0.717, 1.165) is 16.8 Å². The number of nitro groups is 1. The number of nitro benzene ring substituents is 1. The summed E-state index contributed by atoms with van der Waals surface area (Å²) in [5.74, 6) is -0.292. The molecule has 1 amide bonds. The quantitative estimate of drug-likeness (QED) is 0.122. The molecule has 180 valence electrons. The molecule has 0 heterocycles. The van der Waals surface area contributed by atoms with E-state index in [4.69, 9.17) is 9.47 Å². The van der Waals surface area contributed by atoms with Gasteiger partial charge in [0, 0.05) is 23.3 Å². The summed E-state index contributed by atoms with van der Waals surface area (Å²) in [5, 5.41) is 16.6. The fourth-order valence-corrected chi connectivity index (χ4v) is 3.49. The van der Waals surface area contributed by atoms with E-state index in [1.165, 1.54) is 24.4 Å². The third-order valence-corrected chi connectivity index (χ3v) is 5.21. The van der Waals surface area contributed by atoms with Gasteiger partial charge in [-0.1, -0.05) is 36.4 Å². The highest BCUT2D eigenvalue weighted by molar-refractivity contribution is 6.04. The van der Waals surface area contributed by atoms with E-state index in [-0.39, 0.29) is 17.0 Å². The predicted octanol–water partition coefficient (Wildman–Crippen LogP) is 5.13. The van der Waals surface area contributed by atoms with E-state index in [1.807, 2.05) is 37.3 Å². The van der Waals surface area contributed by atoms with Gasteiger partial charge in [0.2, 0.25) is 0 Å². The van der Waals surface area contributed by atoms with Crippen molar-refractivity contribution in [2.45, 2.75) is 6.92 Å². The number of hydrazone groups is 1. The molecule has 0 aliphatic rings. The molecule has 0 fully saturated rings. The summed E-state index contributed by atoms with van der Waals surface area (Å²) in [7, 11) is 0. The van der Waals surface area contributed by atoms with Gasteiger partial charge in [0.15, 0.2) is 0 Å². The summed E-state index contributed by atoms with van der Waals surface area (Å²) < 4.78 is 11.1. The summed E-state index contributed by atoms with van der Waals surface area (Å²) in [6.07, 6.45) is 1.37. The van der Waals surface area contributed by atoms with Gasteiger partial charge in [0.25, 0.3) is 11.6 Å². The normalized spacial score (nSPS) is 10.8. The minimum absolute atomic E-state index is 0.0846. The summed E-state index contributed by atoms with van der Waals surface area (Å²) in [6, 6.07) is 22.8. The van der Waals surface area contributed by atoms with E-state index in [2.05, 4.69) is 10.5 Å². The third kappa shape index (κ3) is 5.53. The second kappa shape index (κ2) is 10.9. The maximum absolute atomic E-state index is 12.8. The van der Waals surface area contributed by atoms with Gasteiger partial charge >= 0.3 is 5.97 Å². The Balaban J connectivity index is 1.58. The minimum atomic E-state index is -0.622. The van der Waals surface area contributed by atoms with Gasteiger partial charge in [0.05, 0.1) is 23.3 Å². The van der Waals surface area contributed by atoms with Gasteiger partial charge in [-0.15, -0.1) is 0 Å². The van der Waals surface area contributed by atoms with Crippen LogP contribution in [0.4, 0.5) is 5.69 Å². The SMILES string of the molecule is CCOc1ccc(C(=O)Oc2ccc3ccccc3c2/C=N/NC(=O)c2cccc([N+](=O)[O-])c2)cc1. The molecule has 9 heteroatoms. The van der Waals surface area contributed by atoms with Crippen molar-refractivity contribution >= 4 is 34.6 Å². The Morgan fingerprint density at radius 1 is 0.972 bits per heavy atom. The Morgan fingerprint density at radius 2 is 1.75 bits per heavy atom. The van der Waals surface area contributed by atoms with Crippen molar-refractivity contribution in [3.63, 3.8) is 0 Å². The van der Waals surface area contributed by atoms with E-state index >= 15 is 0 Å². The van der Waals surface area contributed by atoms with Gasteiger partial charge in [-0.3, -0.25) is 14.9 Å². The molecule has 0 aliphatic carbocycles. The first-order chi connectivity index (χ1) is 17.5. The zero-order valence-electron chi connectivity index (χ0n) is 19.2. The first-order valence-electron chi connectivity index (χ1n) is 11.0. The van der Waals surface area contributed by atoms with Crippen molar-refractivity contribution in [2.75, 3.05) is 6.61 Å². The highest BCUT2D eigenvalue weighted by Crippen LogP contribution is 2.27. The van der Waals surface area contributed by atoms with Gasteiger partial charge in [0.1, 0.15) is 11.5 Å². The fourth-order valence-electron chi connectivity index (χ4n) is 3.49. The van der Waals surface area contributed by atoms with E-state index in [9.17, 15) is 19.7 Å². The zero-order valence-corrected chi connectivity index (χ0v) is 19.2. The molecule has 4 aromatic carbocycles. The second-order valence-corrected chi connectivity index (χ2v) is 7.55. The molecule has 4 aromatic rings. The highest BCUT2D eigenvalue weighted by atomic mass is 16.6. The van der Waals surface area contributed by atoms with E-state index < -0.39 is 16.8 Å². The van der Waals surface area contributed by atoms with Crippen LogP contribution in [0.15, 0.2) is 90.0 Å². The Morgan fingerprint density at radius 3 is 2.50 bits per heavy atom. The number of amides is 1. The molecule has 0 saturated heterocycles. The van der Waals surface area contributed by atoms with E-state index in [0.29, 0.717) is 23.5 Å². The van der Waals surface area contributed by atoms with Crippen LogP contribution in [0.25, 0.3) is 10.8 Å². The maximum atomic E-state index is 12.8. The lowest BCUT2D eigenvalue weighted by Crippen LogP contribution is -2.18. The number of esters is 1. The number of benzene rings is 4. The van der Waals surface area contributed by atoms with Gasteiger partial charge in [-0.2, -0.15) is 5.10 Å². The van der Waals surface area contributed by atoms with Crippen molar-refractivity contribution in [1.82, 2.24) is 5.43 Å². The molecular weight excluding hydrogens is 462 g/mol. The van der Waals surface area contributed by atoms with Crippen molar-refractivity contribution in [2.24, 2.45) is 5.10 Å². The van der Waals surface area contributed by atoms with Crippen molar-refractivity contribution in [1.29, 1.82) is 0 Å². The summed E-state index contributed by atoms with van der Waals surface area (Å²) in [5.41, 5.74) is 3.06. The minimum Gasteiger partial charge on any atom is -0.494 e. The number of carbonyl (C=O) groups is 2. The fraction of sp³-hybridized carbons (Fsp3) is 0.0741. The Hall–Kier alpha value is -5.05. The molecule has 4 rings (SSSR count). The molecule has 9 nitrogen and oxygen atoms in total. The molecule has 0 saturated carbocycles. The molecular formula is C27H21N3O6. The second-order valence-electron chi connectivity index (χ2n) is 7.55.